The normalized spacial score (nSPS) is 14.3. The van der Waals surface area contributed by atoms with Gasteiger partial charge in [-0.15, -0.1) is 0 Å². The van der Waals surface area contributed by atoms with Gasteiger partial charge in [-0.1, -0.05) is 243 Å². The number of phosphoric acid groups is 1. The van der Waals surface area contributed by atoms with Crippen LogP contribution in [0.3, 0.4) is 0 Å². The van der Waals surface area contributed by atoms with Crippen LogP contribution in [-0.2, 0) is 18.4 Å². The van der Waals surface area contributed by atoms with Crippen molar-refractivity contribution in [3.8, 4) is 0 Å². The van der Waals surface area contributed by atoms with Crippen molar-refractivity contribution in [3.63, 3.8) is 0 Å². The first kappa shape index (κ1) is 63.7. The van der Waals surface area contributed by atoms with Gasteiger partial charge in [0.2, 0.25) is 5.91 Å². The molecule has 0 aliphatic rings. The summed E-state index contributed by atoms with van der Waals surface area (Å²) in [6.07, 6.45) is 61.1. The van der Waals surface area contributed by atoms with E-state index in [0.29, 0.717) is 17.4 Å². The van der Waals surface area contributed by atoms with E-state index >= 15 is 0 Å². The molecule has 0 spiro atoms. The number of hydrogen-bond donors (Lipinski definition) is 3. The van der Waals surface area contributed by atoms with Crippen molar-refractivity contribution >= 4 is 13.7 Å². The molecular weight excluding hydrogens is 828 g/mol. The number of nitrogens with one attached hydrogen (secondary N) is 1. The predicted octanol–water partition coefficient (Wildman–Crippen LogP) is 16.6. The van der Waals surface area contributed by atoms with Crippen LogP contribution in [0.1, 0.15) is 264 Å². The van der Waals surface area contributed by atoms with Crippen LogP contribution in [0, 0.1) is 0 Å². The molecule has 0 fully saturated rings. The molecule has 65 heavy (non-hydrogen) atoms. The predicted molar refractivity (Wildman–Crippen MR) is 281 cm³/mol. The van der Waals surface area contributed by atoms with Gasteiger partial charge < -0.3 is 19.8 Å². The number of aliphatic hydroxyl groups is 1. The van der Waals surface area contributed by atoms with E-state index in [9.17, 15) is 19.4 Å². The third-order valence-electron chi connectivity index (χ3n) is 12.6. The lowest BCUT2D eigenvalue weighted by Gasteiger charge is -2.25. The van der Waals surface area contributed by atoms with Gasteiger partial charge in [-0.2, -0.15) is 0 Å². The SMILES string of the molecule is CCCCCCC/C=C\C/C=C\CCCCCCCCCCCCCCCCCCCCCC(=O)NC(COP(=O)(O)OCC[N+](C)(C)C)C(O)/C=C/CCCCCCCCCCCC. The number of rotatable bonds is 51. The van der Waals surface area contributed by atoms with Crippen LogP contribution >= 0.6 is 7.82 Å². The van der Waals surface area contributed by atoms with Crippen LogP contribution in [0.5, 0.6) is 0 Å². The molecule has 0 aliphatic heterocycles. The highest BCUT2D eigenvalue weighted by Gasteiger charge is 2.27. The molecule has 3 unspecified atom stereocenters. The van der Waals surface area contributed by atoms with Crippen LogP contribution in [0.15, 0.2) is 36.5 Å². The average molecular weight is 938 g/mol. The smallest absolute Gasteiger partial charge is 0.387 e. The van der Waals surface area contributed by atoms with Crippen LogP contribution in [0.25, 0.3) is 0 Å². The molecule has 3 N–H and O–H groups in total. The second-order valence-electron chi connectivity index (χ2n) is 20.3. The second-order valence-corrected chi connectivity index (χ2v) is 21.8. The molecule has 0 aromatic heterocycles. The zero-order chi connectivity index (χ0) is 47.8. The minimum absolute atomic E-state index is 0.0628. The number of phosphoric ester groups is 1. The number of quaternary nitrogens is 1. The average Bonchev–Trinajstić information content (AvgIpc) is 3.26. The number of aliphatic hydroxyl groups excluding tert-OH is 1. The quantitative estimate of drug-likeness (QED) is 0.0243. The lowest BCUT2D eigenvalue weighted by Crippen LogP contribution is -2.45. The molecule has 0 aromatic rings. The van der Waals surface area contributed by atoms with Crippen molar-refractivity contribution in [2.24, 2.45) is 0 Å². The highest BCUT2D eigenvalue weighted by molar-refractivity contribution is 7.47. The fourth-order valence-corrected chi connectivity index (χ4v) is 8.93. The summed E-state index contributed by atoms with van der Waals surface area (Å²) >= 11 is 0. The van der Waals surface area contributed by atoms with Gasteiger partial charge in [0.05, 0.1) is 39.9 Å². The van der Waals surface area contributed by atoms with Gasteiger partial charge >= 0.3 is 7.82 Å². The third-order valence-corrected chi connectivity index (χ3v) is 13.6. The van der Waals surface area contributed by atoms with Gasteiger partial charge in [0.15, 0.2) is 0 Å². The molecule has 8 nitrogen and oxygen atoms in total. The number of allylic oxidation sites excluding steroid dienone is 5. The topological polar surface area (TPSA) is 105 Å². The molecule has 3 atom stereocenters. The van der Waals surface area contributed by atoms with E-state index in [1.165, 1.54) is 199 Å². The number of amides is 1. The first-order chi connectivity index (χ1) is 31.5. The highest BCUT2D eigenvalue weighted by Crippen LogP contribution is 2.43. The molecule has 0 rings (SSSR count). The highest BCUT2D eigenvalue weighted by atomic mass is 31.2. The Labute approximate surface area is 404 Å². The first-order valence-corrected chi connectivity index (χ1v) is 29.4. The van der Waals surface area contributed by atoms with Crippen molar-refractivity contribution in [2.45, 2.75) is 276 Å². The second kappa shape index (κ2) is 47.8. The summed E-state index contributed by atoms with van der Waals surface area (Å²) in [7, 11) is 1.58. The van der Waals surface area contributed by atoms with Gasteiger partial charge in [0, 0.05) is 6.42 Å². The van der Waals surface area contributed by atoms with Gasteiger partial charge in [-0.25, -0.2) is 4.57 Å². The molecule has 384 valence electrons. The lowest BCUT2D eigenvalue weighted by atomic mass is 10.0. The van der Waals surface area contributed by atoms with Crippen molar-refractivity contribution in [3.05, 3.63) is 36.5 Å². The Kier molecular flexibility index (Phi) is 46.8. The van der Waals surface area contributed by atoms with E-state index in [0.717, 1.165) is 44.9 Å². The summed E-state index contributed by atoms with van der Waals surface area (Å²) in [5, 5.41) is 13.9. The number of carbonyl (C=O) groups excluding carboxylic acids is 1. The van der Waals surface area contributed by atoms with Gasteiger partial charge in [0.1, 0.15) is 13.2 Å². The van der Waals surface area contributed by atoms with Crippen molar-refractivity contribution < 1.29 is 32.9 Å². The van der Waals surface area contributed by atoms with Crippen molar-refractivity contribution in [1.82, 2.24) is 5.32 Å². The summed E-state index contributed by atoms with van der Waals surface area (Å²) < 4.78 is 23.6. The first-order valence-electron chi connectivity index (χ1n) is 27.9. The third kappa shape index (κ3) is 50.4. The Morgan fingerprint density at radius 1 is 0.523 bits per heavy atom. The molecule has 9 heteroatoms. The molecule has 1 amide bonds. The van der Waals surface area contributed by atoms with E-state index in [2.05, 4.69) is 43.5 Å². The summed E-state index contributed by atoms with van der Waals surface area (Å²) in [5.74, 6) is -0.175. The van der Waals surface area contributed by atoms with Crippen LogP contribution in [0.4, 0.5) is 0 Å². The van der Waals surface area contributed by atoms with E-state index in [4.69, 9.17) is 9.05 Å². The largest absolute Gasteiger partial charge is 0.472 e. The standard InChI is InChI=1S/C56H109N2O6P/c1-6-8-10-12-14-16-18-20-21-22-23-24-25-26-27-28-29-30-31-32-33-34-35-36-37-38-40-42-44-46-48-50-56(60)57-54(53-64-65(61,62)63-52-51-58(3,4)5)55(59)49-47-45-43-41-39-19-17-15-13-11-9-7-2/h18,20,22-23,47,49,54-55,59H,6-17,19,21,24-46,48,50-53H2,1-5H3,(H-,57,60,61,62)/p+1/b20-18-,23-22-,49-47+. The van der Waals surface area contributed by atoms with Crippen molar-refractivity contribution in [1.29, 1.82) is 0 Å². The molecule has 0 saturated carbocycles. The summed E-state index contributed by atoms with van der Waals surface area (Å²) in [6.45, 7) is 4.81. The Morgan fingerprint density at radius 3 is 1.26 bits per heavy atom. The van der Waals surface area contributed by atoms with E-state index in [1.54, 1.807) is 6.08 Å². The Hall–Kier alpha value is -1.28. The number of hydrogen-bond acceptors (Lipinski definition) is 5. The number of carbonyl (C=O) groups is 1. The molecule has 0 heterocycles. The minimum atomic E-state index is -4.34. The fraction of sp³-hybridized carbons (Fsp3) is 0.875. The maximum atomic E-state index is 12.9. The van der Waals surface area contributed by atoms with E-state index in [-0.39, 0.29) is 19.1 Å². The maximum absolute atomic E-state index is 12.9. The summed E-state index contributed by atoms with van der Waals surface area (Å²) in [4.78, 5) is 23.2. The van der Waals surface area contributed by atoms with E-state index in [1.807, 2.05) is 27.2 Å². The van der Waals surface area contributed by atoms with Crippen molar-refractivity contribution in [2.75, 3.05) is 40.9 Å². The molecule has 0 saturated heterocycles. The minimum Gasteiger partial charge on any atom is -0.387 e. The molecule has 0 aromatic carbocycles. The maximum Gasteiger partial charge on any atom is 0.472 e. The number of likely N-dealkylation sites (N-methyl/N-ethyl adjacent to an activating group) is 1. The Balaban J connectivity index is 4.02. The van der Waals surface area contributed by atoms with Crippen LogP contribution < -0.4 is 5.32 Å². The summed E-state index contributed by atoms with van der Waals surface area (Å²) in [5.41, 5.74) is 0. The fourth-order valence-electron chi connectivity index (χ4n) is 8.19. The monoisotopic (exact) mass is 938 g/mol. The molecule has 0 bridgehead atoms. The lowest BCUT2D eigenvalue weighted by molar-refractivity contribution is -0.870. The summed E-state index contributed by atoms with van der Waals surface area (Å²) in [6, 6.07) is -0.843. The van der Waals surface area contributed by atoms with Crippen LogP contribution in [0.2, 0.25) is 0 Å². The zero-order valence-electron chi connectivity index (χ0n) is 43.7. The van der Waals surface area contributed by atoms with Gasteiger partial charge in [-0.3, -0.25) is 13.8 Å². The Bertz CT molecular complexity index is 1150. The number of nitrogens with zero attached hydrogens (tertiary/aromatic N) is 1. The molecule has 0 aliphatic carbocycles. The zero-order valence-corrected chi connectivity index (χ0v) is 44.6. The van der Waals surface area contributed by atoms with E-state index < -0.39 is 20.0 Å². The van der Waals surface area contributed by atoms with Gasteiger partial charge in [-0.05, 0) is 51.4 Å². The van der Waals surface area contributed by atoms with Crippen LogP contribution in [-0.4, -0.2) is 73.4 Å². The van der Waals surface area contributed by atoms with Gasteiger partial charge in [0.25, 0.3) is 0 Å². The molecule has 0 radical (unpaired) electrons. The Morgan fingerprint density at radius 2 is 0.877 bits per heavy atom. The molecular formula is C56H110N2O6P+. The number of unbranched alkanes of at least 4 members (excludes halogenated alkanes) is 34.